The molecule has 0 amide bonds. The van der Waals surface area contributed by atoms with Gasteiger partial charge in [-0.25, -0.2) is 4.79 Å². The van der Waals surface area contributed by atoms with Crippen LogP contribution in [0.25, 0.3) is 6.08 Å². The smallest absolute Gasteiger partial charge is 0.343 e. The summed E-state index contributed by atoms with van der Waals surface area (Å²) in [5, 5.41) is 10.7. The van der Waals surface area contributed by atoms with Gasteiger partial charge in [0.1, 0.15) is 0 Å². The molecule has 0 saturated carbocycles. The Morgan fingerprint density at radius 3 is 2.50 bits per heavy atom. The summed E-state index contributed by atoms with van der Waals surface area (Å²) < 4.78 is 10.9. The van der Waals surface area contributed by atoms with Gasteiger partial charge in [0, 0.05) is 13.0 Å². The van der Waals surface area contributed by atoms with Crippen molar-refractivity contribution >= 4 is 12.0 Å². The lowest BCUT2D eigenvalue weighted by atomic mass is 10.1. The quantitative estimate of drug-likeness (QED) is 0.347. The number of ether oxygens (including phenoxy) is 2. The molecule has 0 aliphatic rings. The molecule has 124 valence electrons. The van der Waals surface area contributed by atoms with Gasteiger partial charge >= 0.3 is 5.97 Å². The maximum absolute atomic E-state index is 12.1. The van der Waals surface area contributed by atoms with Crippen LogP contribution in [0.15, 0.2) is 54.2 Å². The van der Waals surface area contributed by atoms with Gasteiger partial charge in [0.15, 0.2) is 11.5 Å². The van der Waals surface area contributed by atoms with Gasteiger partial charge in [-0.05, 0) is 36.8 Å². The van der Waals surface area contributed by atoms with Gasteiger partial charge in [0.05, 0.1) is 17.1 Å². The number of rotatable bonds is 6. The largest absolute Gasteiger partial charge is 0.490 e. The van der Waals surface area contributed by atoms with Crippen molar-refractivity contribution in [3.63, 3.8) is 0 Å². The molecule has 2 aromatic rings. The zero-order valence-corrected chi connectivity index (χ0v) is 13.4. The second kappa shape index (κ2) is 7.92. The van der Waals surface area contributed by atoms with E-state index in [-0.39, 0.29) is 11.4 Å². The van der Waals surface area contributed by atoms with E-state index in [1.807, 2.05) is 0 Å². The van der Waals surface area contributed by atoms with Crippen LogP contribution in [-0.2, 0) is 0 Å². The van der Waals surface area contributed by atoms with Crippen LogP contribution in [0, 0.1) is 10.1 Å². The third-order valence-corrected chi connectivity index (χ3v) is 3.14. The molecule has 0 aromatic heterocycles. The first-order valence-electron chi connectivity index (χ1n) is 7.38. The van der Waals surface area contributed by atoms with E-state index in [0.717, 1.165) is 0 Å². The second-order valence-corrected chi connectivity index (χ2v) is 4.94. The monoisotopic (exact) mass is 327 g/mol. The van der Waals surface area contributed by atoms with Crippen LogP contribution in [0.2, 0.25) is 0 Å². The molecular weight excluding hydrogens is 310 g/mol. The lowest BCUT2D eigenvalue weighted by Gasteiger charge is -2.11. The van der Waals surface area contributed by atoms with Crippen LogP contribution in [0.4, 0.5) is 0 Å². The molecule has 0 heterocycles. The number of nitro groups is 1. The van der Waals surface area contributed by atoms with Crippen molar-refractivity contribution in [1.82, 2.24) is 0 Å². The van der Waals surface area contributed by atoms with Crippen LogP contribution >= 0.6 is 0 Å². The number of nitrogens with zero attached hydrogens (tertiary/aromatic N) is 1. The minimum absolute atomic E-state index is 0.00600. The molecule has 0 saturated heterocycles. The van der Waals surface area contributed by atoms with Gasteiger partial charge in [-0.15, -0.1) is 0 Å². The van der Waals surface area contributed by atoms with Crippen LogP contribution in [0.1, 0.15) is 29.8 Å². The van der Waals surface area contributed by atoms with Gasteiger partial charge in [-0.3, -0.25) is 10.1 Å². The Labute approximate surface area is 139 Å². The number of hydrogen-bond donors (Lipinski definition) is 0. The van der Waals surface area contributed by atoms with Crippen LogP contribution in [-0.4, -0.2) is 17.5 Å². The number of hydrogen-bond acceptors (Lipinski definition) is 5. The Kier molecular flexibility index (Phi) is 5.68. The van der Waals surface area contributed by atoms with E-state index in [4.69, 9.17) is 9.47 Å². The third-order valence-electron chi connectivity index (χ3n) is 3.14. The maximum Gasteiger partial charge on any atom is 0.343 e. The highest BCUT2D eigenvalue weighted by molar-refractivity contribution is 5.91. The van der Waals surface area contributed by atoms with Crippen molar-refractivity contribution in [2.45, 2.75) is 13.8 Å². The summed E-state index contributed by atoms with van der Waals surface area (Å²) in [4.78, 5) is 22.4. The van der Waals surface area contributed by atoms with E-state index in [1.165, 1.54) is 13.0 Å². The molecule has 6 heteroatoms. The van der Waals surface area contributed by atoms with Crippen molar-refractivity contribution in [2.75, 3.05) is 6.61 Å². The number of benzene rings is 2. The fourth-order valence-electron chi connectivity index (χ4n) is 1.99. The molecule has 2 aromatic carbocycles. The molecule has 0 aliphatic heterocycles. The highest BCUT2D eigenvalue weighted by atomic mass is 16.6. The van der Waals surface area contributed by atoms with Crippen LogP contribution < -0.4 is 9.47 Å². The minimum atomic E-state index is -0.499. The van der Waals surface area contributed by atoms with E-state index in [1.54, 1.807) is 55.5 Å². The highest BCUT2D eigenvalue weighted by Crippen LogP contribution is 2.30. The number of esters is 1. The summed E-state index contributed by atoms with van der Waals surface area (Å²) in [5.41, 5.74) is 1.02. The van der Waals surface area contributed by atoms with Gasteiger partial charge in [0.25, 0.3) is 0 Å². The highest BCUT2D eigenvalue weighted by Gasteiger charge is 2.13. The topological polar surface area (TPSA) is 78.7 Å². The van der Waals surface area contributed by atoms with Crippen molar-refractivity contribution in [2.24, 2.45) is 0 Å². The van der Waals surface area contributed by atoms with Crippen molar-refractivity contribution in [1.29, 1.82) is 0 Å². The number of carbonyl (C=O) groups is 1. The molecule has 0 atom stereocenters. The molecule has 0 fully saturated rings. The molecule has 0 unspecified atom stereocenters. The Bertz CT molecular complexity index is 768. The lowest BCUT2D eigenvalue weighted by molar-refractivity contribution is -0.422. The molecule has 2 rings (SSSR count). The average molecular weight is 327 g/mol. The normalized spacial score (nSPS) is 11.0. The predicted molar refractivity (Wildman–Crippen MR) is 89.7 cm³/mol. The summed E-state index contributed by atoms with van der Waals surface area (Å²) >= 11 is 0. The standard InChI is InChI=1S/C18H17NO5/c1-3-23-17-12-14(11-13(2)19(21)22)9-10-16(17)24-18(20)15-7-5-4-6-8-15/h4-12H,3H2,1-2H3/b13-11-. The van der Waals surface area contributed by atoms with Crippen molar-refractivity contribution in [3.05, 3.63) is 75.5 Å². The summed E-state index contributed by atoms with van der Waals surface area (Å²) in [6.07, 6.45) is 1.42. The SMILES string of the molecule is CCOc1cc(/C=C(/C)[N+](=O)[O-])ccc1OC(=O)c1ccccc1. The van der Waals surface area contributed by atoms with E-state index >= 15 is 0 Å². The fraction of sp³-hybridized carbons (Fsp3) is 0.167. The maximum atomic E-state index is 12.1. The van der Waals surface area contributed by atoms with E-state index in [9.17, 15) is 14.9 Å². The molecule has 0 radical (unpaired) electrons. The second-order valence-electron chi connectivity index (χ2n) is 4.94. The average Bonchev–Trinajstić information content (AvgIpc) is 2.58. The third kappa shape index (κ3) is 4.42. The Hall–Kier alpha value is -3.15. The lowest BCUT2D eigenvalue weighted by Crippen LogP contribution is -2.09. The summed E-state index contributed by atoms with van der Waals surface area (Å²) in [6.45, 7) is 3.58. The predicted octanol–water partition coefficient (Wildman–Crippen LogP) is 3.94. The molecular formula is C18H17NO5. The van der Waals surface area contributed by atoms with Gasteiger partial charge < -0.3 is 9.47 Å². The summed E-state index contributed by atoms with van der Waals surface area (Å²) in [6, 6.07) is 13.4. The van der Waals surface area contributed by atoms with E-state index in [0.29, 0.717) is 23.5 Å². The van der Waals surface area contributed by atoms with E-state index in [2.05, 4.69) is 0 Å². The molecule has 6 nitrogen and oxygen atoms in total. The fourth-order valence-corrected chi connectivity index (χ4v) is 1.99. The number of carbonyl (C=O) groups excluding carboxylic acids is 1. The van der Waals surface area contributed by atoms with Crippen molar-refractivity contribution < 1.29 is 19.2 Å². The van der Waals surface area contributed by atoms with Gasteiger partial charge in [-0.1, -0.05) is 24.3 Å². The van der Waals surface area contributed by atoms with Crippen molar-refractivity contribution in [3.8, 4) is 11.5 Å². The first-order chi connectivity index (χ1) is 11.5. The van der Waals surface area contributed by atoms with Crippen LogP contribution in [0.3, 0.4) is 0 Å². The zero-order chi connectivity index (χ0) is 17.5. The Morgan fingerprint density at radius 1 is 1.17 bits per heavy atom. The summed E-state index contributed by atoms with van der Waals surface area (Å²) in [5.74, 6) is 0.120. The zero-order valence-electron chi connectivity index (χ0n) is 13.4. The molecule has 0 bridgehead atoms. The molecule has 0 aliphatic carbocycles. The summed E-state index contributed by atoms with van der Waals surface area (Å²) in [7, 11) is 0. The first-order valence-corrected chi connectivity index (χ1v) is 7.38. The van der Waals surface area contributed by atoms with Crippen LogP contribution in [0.5, 0.6) is 11.5 Å². The molecule has 24 heavy (non-hydrogen) atoms. The van der Waals surface area contributed by atoms with E-state index < -0.39 is 10.9 Å². The molecule has 0 N–H and O–H groups in total. The van der Waals surface area contributed by atoms with Gasteiger partial charge in [0.2, 0.25) is 5.70 Å². The minimum Gasteiger partial charge on any atom is -0.490 e. The molecule has 0 spiro atoms. The Morgan fingerprint density at radius 2 is 1.88 bits per heavy atom. The Balaban J connectivity index is 2.28. The van der Waals surface area contributed by atoms with Gasteiger partial charge in [-0.2, -0.15) is 0 Å². The first kappa shape index (κ1) is 17.2. The number of allylic oxidation sites excluding steroid dienone is 1.